The van der Waals surface area contributed by atoms with Crippen LogP contribution in [0.5, 0.6) is 5.75 Å². The first-order valence-electron chi connectivity index (χ1n) is 9.36. The molecule has 144 valence electrons. The zero-order chi connectivity index (χ0) is 20.1. The highest BCUT2D eigenvalue weighted by molar-refractivity contribution is 5.99. The van der Waals surface area contributed by atoms with E-state index >= 15 is 0 Å². The maximum Gasteiger partial charge on any atom is 0.255 e. The van der Waals surface area contributed by atoms with Crippen molar-refractivity contribution < 1.29 is 9.53 Å². The number of benzene rings is 3. The standard InChI is InChI=1S/C24H21N3O2/c1-29-21-14-12-19(13-15-21)23-22(17-27(26-23)20-10-6-3-7-11-20)24(28)25-16-18-8-4-2-5-9-18/h2-15,17H,16H2,1H3,(H,25,28). The summed E-state index contributed by atoms with van der Waals surface area (Å²) in [5.74, 6) is 0.591. The van der Waals surface area contributed by atoms with Crippen molar-refractivity contribution in [3.05, 3.63) is 102 Å². The number of hydrogen-bond acceptors (Lipinski definition) is 3. The highest BCUT2D eigenvalue weighted by Gasteiger charge is 2.18. The van der Waals surface area contributed by atoms with Gasteiger partial charge in [0.2, 0.25) is 0 Å². The Morgan fingerprint density at radius 3 is 2.24 bits per heavy atom. The van der Waals surface area contributed by atoms with Gasteiger partial charge in [-0.2, -0.15) is 5.10 Å². The Labute approximate surface area is 169 Å². The van der Waals surface area contributed by atoms with Crippen LogP contribution in [0.3, 0.4) is 0 Å². The molecule has 0 spiro atoms. The average molecular weight is 383 g/mol. The highest BCUT2D eigenvalue weighted by atomic mass is 16.5. The van der Waals surface area contributed by atoms with Gasteiger partial charge in [-0.25, -0.2) is 4.68 Å². The van der Waals surface area contributed by atoms with Crippen molar-refractivity contribution in [2.24, 2.45) is 0 Å². The average Bonchev–Trinajstić information content (AvgIpc) is 3.24. The van der Waals surface area contributed by atoms with E-state index in [-0.39, 0.29) is 5.91 Å². The molecule has 5 heteroatoms. The zero-order valence-corrected chi connectivity index (χ0v) is 16.1. The molecule has 0 saturated heterocycles. The van der Waals surface area contributed by atoms with Crippen LogP contribution in [-0.4, -0.2) is 22.8 Å². The number of nitrogens with zero attached hydrogens (tertiary/aromatic N) is 2. The largest absolute Gasteiger partial charge is 0.497 e. The number of carbonyl (C=O) groups is 1. The summed E-state index contributed by atoms with van der Waals surface area (Å²) in [6.45, 7) is 0.457. The Balaban J connectivity index is 1.68. The molecule has 0 radical (unpaired) electrons. The van der Waals surface area contributed by atoms with Crippen LogP contribution < -0.4 is 10.1 Å². The Hall–Kier alpha value is -3.86. The molecule has 4 rings (SSSR count). The van der Waals surface area contributed by atoms with Crippen LogP contribution in [0.15, 0.2) is 91.1 Å². The number of carbonyl (C=O) groups excluding carboxylic acids is 1. The molecule has 29 heavy (non-hydrogen) atoms. The molecule has 5 nitrogen and oxygen atoms in total. The molecule has 1 heterocycles. The van der Waals surface area contributed by atoms with Crippen molar-refractivity contribution in [1.82, 2.24) is 15.1 Å². The van der Waals surface area contributed by atoms with Gasteiger partial charge < -0.3 is 10.1 Å². The van der Waals surface area contributed by atoms with Crippen LogP contribution in [0.1, 0.15) is 15.9 Å². The van der Waals surface area contributed by atoms with Crippen molar-refractivity contribution >= 4 is 5.91 Å². The van der Waals surface area contributed by atoms with E-state index in [9.17, 15) is 4.79 Å². The second-order valence-electron chi connectivity index (χ2n) is 6.57. The van der Waals surface area contributed by atoms with Gasteiger partial charge in [0.15, 0.2) is 0 Å². The minimum absolute atomic E-state index is 0.165. The quantitative estimate of drug-likeness (QED) is 0.534. The predicted octanol–water partition coefficient (Wildman–Crippen LogP) is 4.48. The second kappa shape index (κ2) is 8.44. The number of ether oxygens (including phenoxy) is 1. The fraction of sp³-hybridized carbons (Fsp3) is 0.0833. The molecule has 1 amide bonds. The summed E-state index contributed by atoms with van der Waals surface area (Å²) in [7, 11) is 1.63. The van der Waals surface area contributed by atoms with Crippen molar-refractivity contribution in [3.63, 3.8) is 0 Å². The monoisotopic (exact) mass is 383 g/mol. The first kappa shape index (κ1) is 18.5. The highest BCUT2D eigenvalue weighted by Crippen LogP contribution is 2.26. The summed E-state index contributed by atoms with van der Waals surface area (Å²) in [4.78, 5) is 13.0. The van der Waals surface area contributed by atoms with Gasteiger partial charge in [-0.3, -0.25) is 4.79 Å². The third-order valence-electron chi connectivity index (χ3n) is 4.64. The molecule has 1 aromatic heterocycles. The molecule has 0 unspecified atom stereocenters. The SMILES string of the molecule is COc1ccc(-c2nn(-c3ccccc3)cc2C(=O)NCc2ccccc2)cc1. The van der Waals surface area contributed by atoms with E-state index in [0.717, 1.165) is 22.6 Å². The smallest absolute Gasteiger partial charge is 0.255 e. The molecule has 3 aromatic carbocycles. The fourth-order valence-electron chi connectivity index (χ4n) is 3.09. The van der Waals surface area contributed by atoms with Crippen molar-refractivity contribution in [2.75, 3.05) is 7.11 Å². The molecule has 0 fully saturated rings. The van der Waals surface area contributed by atoms with Gasteiger partial charge in [0.25, 0.3) is 5.91 Å². The van der Waals surface area contributed by atoms with Gasteiger partial charge in [0, 0.05) is 18.3 Å². The predicted molar refractivity (Wildman–Crippen MR) is 113 cm³/mol. The minimum Gasteiger partial charge on any atom is -0.497 e. The first-order valence-corrected chi connectivity index (χ1v) is 9.36. The maximum atomic E-state index is 13.0. The molecular weight excluding hydrogens is 362 g/mol. The van der Waals surface area contributed by atoms with Gasteiger partial charge in [-0.1, -0.05) is 48.5 Å². The normalized spacial score (nSPS) is 10.5. The van der Waals surface area contributed by atoms with Crippen LogP contribution in [0.2, 0.25) is 0 Å². The molecule has 0 saturated carbocycles. The first-order chi connectivity index (χ1) is 14.2. The van der Waals surface area contributed by atoms with E-state index in [1.165, 1.54) is 0 Å². The van der Waals surface area contributed by atoms with E-state index < -0.39 is 0 Å². The van der Waals surface area contributed by atoms with Crippen LogP contribution in [0, 0.1) is 0 Å². The minimum atomic E-state index is -0.165. The zero-order valence-electron chi connectivity index (χ0n) is 16.1. The molecular formula is C24H21N3O2. The lowest BCUT2D eigenvalue weighted by Crippen LogP contribution is -2.23. The van der Waals surface area contributed by atoms with Gasteiger partial charge in [-0.15, -0.1) is 0 Å². The summed E-state index contributed by atoms with van der Waals surface area (Å²) < 4.78 is 6.97. The summed E-state index contributed by atoms with van der Waals surface area (Å²) in [6.07, 6.45) is 1.77. The number of aromatic nitrogens is 2. The van der Waals surface area contributed by atoms with Gasteiger partial charge in [0.05, 0.1) is 18.4 Å². The van der Waals surface area contributed by atoms with E-state index in [1.54, 1.807) is 18.0 Å². The number of rotatable bonds is 6. The Bertz CT molecular complexity index is 1090. The van der Waals surface area contributed by atoms with Crippen molar-refractivity contribution in [1.29, 1.82) is 0 Å². The maximum absolute atomic E-state index is 13.0. The fourth-order valence-corrected chi connectivity index (χ4v) is 3.09. The second-order valence-corrected chi connectivity index (χ2v) is 6.57. The number of para-hydroxylation sites is 1. The third kappa shape index (κ3) is 4.19. The Morgan fingerprint density at radius 2 is 1.59 bits per heavy atom. The third-order valence-corrected chi connectivity index (χ3v) is 4.64. The van der Waals surface area contributed by atoms with Gasteiger partial charge in [-0.05, 0) is 42.0 Å². The summed E-state index contributed by atoms with van der Waals surface area (Å²) in [6, 6.07) is 27.1. The van der Waals surface area contributed by atoms with Crippen molar-refractivity contribution in [2.45, 2.75) is 6.54 Å². The number of hydrogen-bond donors (Lipinski definition) is 1. The number of methoxy groups -OCH3 is 1. The summed E-state index contributed by atoms with van der Waals surface area (Å²) in [5.41, 5.74) is 3.94. The van der Waals surface area contributed by atoms with Crippen LogP contribution in [-0.2, 0) is 6.54 Å². The van der Waals surface area contributed by atoms with Crippen LogP contribution in [0.4, 0.5) is 0 Å². The lowest BCUT2D eigenvalue weighted by Gasteiger charge is -2.06. The Kier molecular flexibility index (Phi) is 5.38. The van der Waals surface area contributed by atoms with E-state index in [0.29, 0.717) is 17.8 Å². The Morgan fingerprint density at radius 1 is 0.931 bits per heavy atom. The molecule has 0 atom stereocenters. The lowest BCUT2D eigenvalue weighted by atomic mass is 10.1. The van der Waals surface area contributed by atoms with Gasteiger partial charge in [0.1, 0.15) is 11.4 Å². The van der Waals surface area contributed by atoms with Gasteiger partial charge >= 0.3 is 0 Å². The topological polar surface area (TPSA) is 56.2 Å². The molecule has 0 aliphatic rings. The number of amides is 1. The van der Waals surface area contributed by atoms with E-state index in [4.69, 9.17) is 9.84 Å². The lowest BCUT2D eigenvalue weighted by molar-refractivity contribution is 0.0951. The molecule has 0 bridgehead atoms. The van der Waals surface area contributed by atoms with E-state index in [2.05, 4.69) is 5.32 Å². The van der Waals surface area contributed by atoms with Crippen LogP contribution in [0.25, 0.3) is 16.9 Å². The molecule has 0 aliphatic heterocycles. The van der Waals surface area contributed by atoms with Crippen LogP contribution >= 0.6 is 0 Å². The van der Waals surface area contributed by atoms with Crippen molar-refractivity contribution in [3.8, 4) is 22.7 Å². The molecule has 4 aromatic rings. The number of nitrogens with one attached hydrogen (secondary N) is 1. The molecule has 1 N–H and O–H groups in total. The summed E-state index contributed by atoms with van der Waals surface area (Å²) in [5, 5.41) is 7.69. The van der Waals surface area contributed by atoms with E-state index in [1.807, 2.05) is 84.9 Å². The molecule has 0 aliphatic carbocycles. The summed E-state index contributed by atoms with van der Waals surface area (Å²) >= 11 is 0.